The van der Waals surface area contributed by atoms with Crippen LogP contribution in [-0.2, 0) is 23.9 Å². The molecule has 0 fully saturated rings. The van der Waals surface area contributed by atoms with Gasteiger partial charge in [0.1, 0.15) is 5.92 Å². The van der Waals surface area contributed by atoms with Crippen molar-refractivity contribution in [3.63, 3.8) is 0 Å². The molecule has 0 radical (unpaired) electrons. The summed E-state index contributed by atoms with van der Waals surface area (Å²) in [7, 11) is 2.63. The lowest BCUT2D eigenvalue weighted by Gasteiger charge is -2.39. The van der Waals surface area contributed by atoms with Gasteiger partial charge in [-0.3, -0.25) is 9.59 Å². The first kappa shape index (κ1) is 22.0. The van der Waals surface area contributed by atoms with E-state index in [4.69, 9.17) is 9.47 Å². The van der Waals surface area contributed by atoms with E-state index in [2.05, 4.69) is 5.32 Å². The maximum absolute atomic E-state index is 14.0. The van der Waals surface area contributed by atoms with Gasteiger partial charge >= 0.3 is 11.9 Å². The van der Waals surface area contributed by atoms with Crippen LogP contribution in [0.3, 0.4) is 0 Å². The number of methoxy groups -OCH3 is 2. The Morgan fingerprint density at radius 2 is 1.81 bits per heavy atom. The second-order valence-corrected chi connectivity index (χ2v) is 9.01. The predicted octanol–water partition coefficient (Wildman–Crippen LogP) is 3.99. The molecule has 1 aliphatic heterocycles. The Labute approximate surface area is 190 Å². The van der Waals surface area contributed by atoms with E-state index in [0.29, 0.717) is 23.3 Å². The van der Waals surface area contributed by atoms with Crippen molar-refractivity contribution in [1.82, 2.24) is 5.32 Å². The second kappa shape index (κ2) is 8.74. The minimum Gasteiger partial charge on any atom is -0.468 e. The second-order valence-electron chi connectivity index (χ2n) is 8.03. The number of aryl methyl sites for hydroxylation is 1. The summed E-state index contributed by atoms with van der Waals surface area (Å²) in [6.07, 6.45) is 0.468. The largest absolute Gasteiger partial charge is 0.468 e. The number of thiophene rings is 1. The zero-order valence-electron chi connectivity index (χ0n) is 18.4. The summed E-state index contributed by atoms with van der Waals surface area (Å²) in [5, 5.41) is 5.23. The Bertz CT molecular complexity index is 1140. The highest BCUT2D eigenvalue weighted by atomic mass is 32.1. The number of benzene rings is 1. The SMILES string of the molecule is COC(=O)C1=C(C)NC2=C(C(=O)[C@@H](C(=O)OC)[C@H](c3cccs3)C2)[C@H]1c1ccccc1C. The van der Waals surface area contributed by atoms with E-state index < -0.39 is 23.8 Å². The number of hydrogen-bond donors (Lipinski definition) is 1. The third-order valence-corrected chi connectivity index (χ3v) is 7.29. The Hall–Kier alpha value is -3.19. The molecule has 0 saturated carbocycles. The van der Waals surface area contributed by atoms with E-state index in [1.807, 2.05) is 55.6 Å². The maximum Gasteiger partial charge on any atom is 0.336 e. The lowest BCUT2D eigenvalue weighted by molar-refractivity contribution is -0.149. The highest BCUT2D eigenvalue weighted by Crippen LogP contribution is 2.49. The van der Waals surface area contributed by atoms with Crippen LogP contribution in [0.25, 0.3) is 0 Å². The number of nitrogens with one attached hydrogen (secondary N) is 1. The van der Waals surface area contributed by atoms with Crippen LogP contribution in [0.2, 0.25) is 0 Å². The number of ether oxygens (including phenoxy) is 2. The van der Waals surface area contributed by atoms with Crippen molar-refractivity contribution in [2.75, 3.05) is 14.2 Å². The van der Waals surface area contributed by atoms with Gasteiger partial charge in [0, 0.05) is 33.7 Å². The van der Waals surface area contributed by atoms with Crippen LogP contribution in [0.1, 0.15) is 41.2 Å². The van der Waals surface area contributed by atoms with E-state index in [0.717, 1.165) is 21.7 Å². The molecule has 7 heteroatoms. The van der Waals surface area contributed by atoms with Gasteiger partial charge in [0.25, 0.3) is 0 Å². The number of dihydropyridines is 1. The van der Waals surface area contributed by atoms with E-state index >= 15 is 0 Å². The predicted molar refractivity (Wildman–Crippen MR) is 121 cm³/mol. The highest BCUT2D eigenvalue weighted by Gasteiger charge is 2.49. The van der Waals surface area contributed by atoms with Gasteiger partial charge in [0.15, 0.2) is 5.78 Å². The van der Waals surface area contributed by atoms with Crippen molar-refractivity contribution in [1.29, 1.82) is 0 Å². The molecule has 1 aliphatic carbocycles. The van der Waals surface area contributed by atoms with E-state index in [9.17, 15) is 14.4 Å². The van der Waals surface area contributed by atoms with Gasteiger partial charge in [-0.2, -0.15) is 0 Å². The van der Waals surface area contributed by atoms with Gasteiger partial charge in [0.05, 0.1) is 19.8 Å². The van der Waals surface area contributed by atoms with E-state index in [-0.39, 0.29) is 11.7 Å². The average molecular weight is 452 g/mol. The van der Waals surface area contributed by atoms with Crippen LogP contribution in [0.5, 0.6) is 0 Å². The van der Waals surface area contributed by atoms with Crippen LogP contribution in [0, 0.1) is 12.8 Å². The first-order valence-corrected chi connectivity index (χ1v) is 11.3. The summed E-state index contributed by atoms with van der Waals surface area (Å²) >= 11 is 1.52. The molecule has 1 N–H and O–H groups in total. The minimum absolute atomic E-state index is 0.314. The smallest absolute Gasteiger partial charge is 0.336 e. The number of hydrogen-bond acceptors (Lipinski definition) is 7. The minimum atomic E-state index is -0.969. The molecular formula is C25H25NO5S. The molecule has 0 bridgehead atoms. The zero-order chi connectivity index (χ0) is 23.0. The molecule has 1 aromatic heterocycles. The maximum atomic E-state index is 14.0. The molecule has 0 amide bonds. The van der Waals surface area contributed by atoms with Gasteiger partial charge in [-0.1, -0.05) is 30.3 Å². The number of allylic oxidation sites excluding steroid dienone is 3. The third kappa shape index (κ3) is 3.56. The number of esters is 2. The Kier molecular flexibility index (Phi) is 6.02. The van der Waals surface area contributed by atoms with Crippen molar-refractivity contribution >= 4 is 29.1 Å². The number of carbonyl (C=O) groups excluding carboxylic acids is 3. The van der Waals surface area contributed by atoms with Crippen LogP contribution in [0.4, 0.5) is 0 Å². The first-order valence-electron chi connectivity index (χ1n) is 10.4. The van der Waals surface area contributed by atoms with Crippen LogP contribution in [0.15, 0.2) is 64.3 Å². The molecule has 0 unspecified atom stereocenters. The van der Waals surface area contributed by atoms with Gasteiger partial charge in [-0.25, -0.2) is 4.79 Å². The number of carbonyl (C=O) groups is 3. The molecule has 2 aliphatic rings. The number of ketones is 1. The quantitative estimate of drug-likeness (QED) is 0.559. The number of rotatable bonds is 4. The summed E-state index contributed by atoms with van der Waals surface area (Å²) in [4.78, 5) is 40.6. The molecule has 0 spiro atoms. The molecule has 6 nitrogen and oxygen atoms in total. The molecule has 32 heavy (non-hydrogen) atoms. The fraction of sp³-hybridized carbons (Fsp3) is 0.320. The molecule has 4 rings (SSSR count). The number of Topliss-reactive ketones (excluding diaryl/α,β-unsaturated/α-hetero) is 1. The Morgan fingerprint density at radius 3 is 2.44 bits per heavy atom. The molecule has 2 aromatic rings. The molecule has 166 valence electrons. The standard InChI is InChI=1S/C25H25NO5S/c1-13-8-5-6-9-15(13)20-19(24(28)30-3)14(2)26-17-12-16(18-10-7-11-32-18)21(25(29)31-4)23(27)22(17)20/h5-11,16,20-21,26H,12H2,1-4H3/t16-,20-,21-/m0/s1. The summed E-state index contributed by atoms with van der Waals surface area (Å²) in [5.41, 5.74) is 4.00. The highest BCUT2D eigenvalue weighted by molar-refractivity contribution is 7.10. The average Bonchev–Trinajstić information content (AvgIpc) is 3.32. The van der Waals surface area contributed by atoms with Crippen LogP contribution < -0.4 is 5.32 Å². The topological polar surface area (TPSA) is 81.7 Å². The Morgan fingerprint density at radius 1 is 1.06 bits per heavy atom. The van der Waals surface area contributed by atoms with E-state index in [1.54, 1.807) is 0 Å². The lowest BCUT2D eigenvalue weighted by Crippen LogP contribution is -2.43. The van der Waals surface area contributed by atoms with Crippen molar-refractivity contribution in [3.05, 3.63) is 80.3 Å². The third-order valence-electron chi connectivity index (χ3n) is 6.29. The molecule has 1 aromatic carbocycles. The van der Waals surface area contributed by atoms with Gasteiger partial charge < -0.3 is 14.8 Å². The zero-order valence-corrected chi connectivity index (χ0v) is 19.2. The van der Waals surface area contributed by atoms with Crippen LogP contribution >= 0.6 is 11.3 Å². The van der Waals surface area contributed by atoms with Crippen molar-refractivity contribution in [2.24, 2.45) is 5.92 Å². The normalized spacial score (nSPS) is 22.9. The first-order chi connectivity index (χ1) is 15.4. The summed E-state index contributed by atoms with van der Waals surface area (Å²) in [6, 6.07) is 11.5. The lowest BCUT2D eigenvalue weighted by atomic mass is 9.68. The Balaban J connectivity index is 1.93. The van der Waals surface area contributed by atoms with Crippen molar-refractivity contribution in [3.8, 4) is 0 Å². The van der Waals surface area contributed by atoms with Crippen molar-refractivity contribution < 1.29 is 23.9 Å². The fourth-order valence-corrected chi connectivity index (χ4v) is 5.67. The van der Waals surface area contributed by atoms with Crippen LogP contribution in [-0.4, -0.2) is 31.9 Å². The van der Waals surface area contributed by atoms with Gasteiger partial charge in [-0.05, 0) is 42.8 Å². The van der Waals surface area contributed by atoms with Gasteiger partial charge in [0.2, 0.25) is 0 Å². The van der Waals surface area contributed by atoms with E-state index in [1.165, 1.54) is 25.6 Å². The molecule has 0 saturated heterocycles. The molecule has 2 heterocycles. The van der Waals surface area contributed by atoms with Crippen molar-refractivity contribution in [2.45, 2.75) is 32.1 Å². The summed E-state index contributed by atoms with van der Waals surface area (Å²) in [5.74, 6) is -3.30. The van der Waals surface area contributed by atoms with Gasteiger partial charge in [-0.15, -0.1) is 11.3 Å². The monoisotopic (exact) mass is 451 g/mol. The molecular weight excluding hydrogens is 426 g/mol. The molecule has 3 atom stereocenters. The summed E-state index contributed by atoms with van der Waals surface area (Å²) < 4.78 is 10.1. The fourth-order valence-electron chi connectivity index (χ4n) is 4.80. The summed E-state index contributed by atoms with van der Waals surface area (Å²) in [6.45, 7) is 3.76.